The molecule has 0 saturated carbocycles. The second-order valence-corrected chi connectivity index (χ2v) is 7.34. The van der Waals surface area contributed by atoms with E-state index in [0.29, 0.717) is 23.7 Å². The number of imide groups is 1. The number of hydrogen-bond acceptors (Lipinski definition) is 5. The lowest BCUT2D eigenvalue weighted by Crippen LogP contribution is -2.48. The highest BCUT2D eigenvalue weighted by Crippen LogP contribution is 2.45. The Labute approximate surface area is 151 Å². The molecule has 1 fully saturated rings. The summed E-state index contributed by atoms with van der Waals surface area (Å²) in [5, 5.41) is 11.7. The van der Waals surface area contributed by atoms with Crippen LogP contribution in [0.25, 0.3) is 0 Å². The highest BCUT2D eigenvalue weighted by Gasteiger charge is 2.41. The molecule has 1 aromatic rings. The smallest absolute Gasteiger partial charge is 0.324 e. The summed E-state index contributed by atoms with van der Waals surface area (Å²) in [4.78, 5) is 26.7. The zero-order valence-electron chi connectivity index (χ0n) is 13.8. The van der Waals surface area contributed by atoms with E-state index in [0.717, 1.165) is 36.6 Å². The van der Waals surface area contributed by atoms with E-state index in [1.807, 2.05) is 30.3 Å². The molecule has 2 aliphatic heterocycles. The zero-order chi connectivity index (χ0) is 17.8. The van der Waals surface area contributed by atoms with E-state index in [1.54, 1.807) is 4.90 Å². The molecule has 3 rings (SSSR count). The number of urea groups is 1. The van der Waals surface area contributed by atoms with E-state index in [4.69, 9.17) is 5.73 Å². The summed E-state index contributed by atoms with van der Waals surface area (Å²) in [6.07, 6.45) is 3.03. The van der Waals surface area contributed by atoms with Crippen molar-refractivity contribution in [2.45, 2.75) is 30.4 Å². The van der Waals surface area contributed by atoms with Crippen LogP contribution in [0.5, 0.6) is 0 Å². The molecule has 2 heterocycles. The molecule has 7 heteroatoms. The molecule has 0 spiro atoms. The Kier molecular flexibility index (Phi) is 5.29. The first-order valence-electron chi connectivity index (χ1n) is 8.33. The number of carbonyl (C=O) groups excluding carboxylic acids is 2. The van der Waals surface area contributed by atoms with Crippen LogP contribution in [0.1, 0.15) is 30.7 Å². The maximum Gasteiger partial charge on any atom is 0.324 e. The summed E-state index contributed by atoms with van der Waals surface area (Å²) in [5.41, 5.74) is 7.20. The van der Waals surface area contributed by atoms with E-state index < -0.39 is 17.1 Å². The Balaban J connectivity index is 1.77. The Bertz CT molecular complexity index is 735. The van der Waals surface area contributed by atoms with Crippen molar-refractivity contribution >= 4 is 23.7 Å². The number of rotatable bonds is 2. The van der Waals surface area contributed by atoms with Gasteiger partial charge in [-0.25, -0.2) is 4.79 Å². The maximum absolute atomic E-state index is 12.7. The van der Waals surface area contributed by atoms with Crippen molar-refractivity contribution in [1.29, 1.82) is 5.26 Å². The number of allylic oxidation sites excluding steroid dienone is 1. The number of hydrogen-bond donors (Lipinski definition) is 2. The zero-order valence-corrected chi connectivity index (χ0v) is 14.6. The number of thioether (sulfide) groups is 1. The van der Waals surface area contributed by atoms with Crippen molar-refractivity contribution in [3.63, 3.8) is 0 Å². The molecule has 2 aliphatic rings. The molecule has 0 radical (unpaired) electrons. The number of piperidine rings is 1. The number of nitrogens with zero attached hydrogens (tertiary/aromatic N) is 2. The minimum Gasteiger partial charge on any atom is -0.393 e. The lowest BCUT2D eigenvalue weighted by Gasteiger charge is -2.27. The minimum atomic E-state index is -0.620. The first kappa shape index (κ1) is 17.4. The maximum atomic E-state index is 12.7. The summed E-state index contributed by atoms with van der Waals surface area (Å²) >= 11 is 1.15. The largest absolute Gasteiger partial charge is 0.393 e. The van der Waals surface area contributed by atoms with Gasteiger partial charge in [-0.1, -0.05) is 42.1 Å². The standard InChI is InChI=1S/C18H20N4O2S/c19-11-13-14(12-7-3-1-4-8-12)15(25-16(13)20)17(23)21-18(24)22-9-5-2-6-10-22/h1,3-4,7-8,14-15H,2,5-6,9-10,20H2,(H,21,23,24). The van der Waals surface area contributed by atoms with Gasteiger partial charge < -0.3 is 10.6 Å². The molecule has 130 valence electrons. The summed E-state index contributed by atoms with van der Waals surface area (Å²) < 4.78 is 0. The molecule has 1 saturated heterocycles. The van der Waals surface area contributed by atoms with Gasteiger partial charge in [0.25, 0.3) is 0 Å². The lowest BCUT2D eigenvalue weighted by molar-refractivity contribution is -0.119. The van der Waals surface area contributed by atoms with Crippen molar-refractivity contribution in [2.75, 3.05) is 13.1 Å². The predicted octanol–water partition coefficient (Wildman–Crippen LogP) is 2.30. The number of amides is 3. The van der Waals surface area contributed by atoms with Crippen LogP contribution in [0, 0.1) is 11.3 Å². The van der Waals surface area contributed by atoms with E-state index in [9.17, 15) is 14.9 Å². The third kappa shape index (κ3) is 3.64. The Morgan fingerprint density at radius 1 is 1.20 bits per heavy atom. The van der Waals surface area contributed by atoms with Crippen LogP contribution in [0.15, 0.2) is 40.9 Å². The molecule has 3 N–H and O–H groups in total. The van der Waals surface area contributed by atoms with Gasteiger partial charge in [-0.3, -0.25) is 10.1 Å². The molecule has 6 nitrogen and oxygen atoms in total. The van der Waals surface area contributed by atoms with Crippen molar-refractivity contribution in [1.82, 2.24) is 10.2 Å². The normalized spacial score (nSPS) is 23.2. The fourth-order valence-electron chi connectivity index (χ4n) is 3.26. The molecule has 1 aromatic carbocycles. The Morgan fingerprint density at radius 2 is 1.88 bits per heavy atom. The second kappa shape index (κ2) is 7.62. The van der Waals surface area contributed by atoms with Crippen LogP contribution in [-0.2, 0) is 4.79 Å². The summed E-state index contributed by atoms with van der Waals surface area (Å²) in [6.45, 7) is 1.34. The number of nitrogens with one attached hydrogen (secondary N) is 1. The van der Waals surface area contributed by atoms with E-state index in [1.165, 1.54) is 0 Å². The van der Waals surface area contributed by atoms with Gasteiger partial charge in [0.15, 0.2) is 0 Å². The summed E-state index contributed by atoms with van der Waals surface area (Å²) in [7, 11) is 0. The average molecular weight is 356 g/mol. The van der Waals surface area contributed by atoms with Gasteiger partial charge in [0.05, 0.1) is 16.7 Å². The quantitative estimate of drug-likeness (QED) is 0.847. The molecule has 2 atom stereocenters. The second-order valence-electron chi connectivity index (χ2n) is 6.16. The molecule has 0 bridgehead atoms. The lowest BCUT2D eigenvalue weighted by atomic mass is 9.89. The van der Waals surface area contributed by atoms with Crippen LogP contribution in [0.4, 0.5) is 4.79 Å². The van der Waals surface area contributed by atoms with Gasteiger partial charge in [0.1, 0.15) is 5.25 Å². The molecule has 0 aliphatic carbocycles. The van der Waals surface area contributed by atoms with Crippen LogP contribution >= 0.6 is 11.8 Å². The third-order valence-electron chi connectivity index (χ3n) is 4.54. The van der Waals surface area contributed by atoms with Crippen molar-refractivity contribution in [3.8, 4) is 6.07 Å². The minimum absolute atomic E-state index is 0.349. The van der Waals surface area contributed by atoms with Crippen LogP contribution in [0.3, 0.4) is 0 Å². The fourth-order valence-corrected chi connectivity index (χ4v) is 4.43. The first-order chi connectivity index (χ1) is 12.1. The monoisotopic (exact) mass is 356 g/mol. The van der Waals surface area contributed by atoms with Crippen LogP contribution < -0.4 is 11.1 Å². The number of carbonyl (C=O) groups is 2. The Hall–Kier alpha value is -2.46. The van der Waals surface area contributed by atoms with E-state index in [-0.39, 0.29) is 6.03 Å². The van der Waals surface area contributed by atoms with Gasteiger partial charge in [-0.15, -0.1) is 0 Å². The highest BCUT2D eigenvalue weighted by atomic mass is 32.2. The van der Waals surface area contributed by atoms with E-state index in [2.05, 4.69) is 11.4 Å². The third-order valence-corrected chi connectivity index (χ3v) is 5.76. The molecular formula is C18H20N4O2S. The Morgan fingerprint density at radius 3 is 2.52 bits per heavy atom. The molecule has 0 aromatic heterocycles. The van der Waals surface area contributed by atoms with Gasteiger partial charge in [-0.2, -0.15) is 5.26 Å². The van der Waals surface area contributed by atoms with Gasteiger partial charge in [0, 0.05) is 19.0 Å². The SMILES string of the molecule is N#CC1=C(N)SC(C(=O)NC(=O)N2CCCCC2)C1c1ccccc1. The number of nitriles is 1. The van der Waals surface area contributed by atoms with Crippen molar-refractivity contribution in [3.05, 3.63) is 46.5 Å². The van der Waals surface area contributed by atoms with Crippen molar-refractivity contribution in [2.24, 2.45) is 5.73 Å². The van der Waals surface area contributed by atoms with Crippen molar-refractivity contribution < 1.29 is 9.59 Å². The summed E-state index contributed by atoms with van der Waals surface area (Å²) in [5.74, 6) is -0.840. The summed E-state index contributed by atoms with van der Waals surface area (Å²) in [6, 6.07) is 11.1. The number of likely N-dealkylation sites (tertiary alicyclic amines) is 1. The van der Waals surface area contributed by atoms with E-state index >= 15 is 0 Å². The van der Waals surface area contributed by atoms with Gasteiger partial charge in [-0.05, 0) is 24.8 Å². The van der Waals surface area contributed by atoms with Gasteiger partial charge >= 0.3 is 6.03 Å². The topological polar surface area (TPSA) is 99.2 Å². The molecule has 3 amide bonds. The fraction of sp³-hybridized carbons (Fsp3) is 0.389. The molecule has 25 heavy (non-hydrogen) atoms. The number of nitrogens with two attached hydrogens (primary N) is 1. The average Bonchev–Trinajstić information content (AvgIpc) is 2.99. The van der Waals surface area contributed by atoms with Gasteiger partial charge in [0.2, 0.25) is 5.91 Å². The predicted molar refractivity (Wildman–Crippen MR) is 96.4 cm³/mol. The highest BCUT2D eigenvalue weighted by molar-refractivity contribution is 8.04. The number of benzene rings is 1. The first-order valence-corrected chi connectivity index (χ1v) is 9.21. The molecule has 2 unspecified atom stereocenters. The molecular weight excluding hydrogens is 336 g/mol. The van der Waals surface area contributed by atoms with Crippen LogP contribution in [0.2, 0.25) is 0 Å². The van der Waals surface area contributed by atoms with Crippen LogP contribution in [-0.4, -0.2) is 35.2 Å².